The lowest BCUT2D eigenvalue weighted by Gasteiger charge is -2.24. The molecule has 0 aromatic heterocycles. The Balaban J connectivity index is 2.35. The second-order valence-corrected chi connectivity index (χ2v) is 6.93. The van der Waals surface area contributed by atoms with Crippen LogP contribution in [0.3, 0.4) is 0 Å². The molecule has 0 saturated carbocycles. The highest BCUT2D eigenvalue weighted by molar-refractivity contribution is 5.79. The minimum atomic E-state index is 0.196. The summed E-state index contributed by atoms with van der Waals surface area (Å²) in [5.74, 6) is 0.823. The van der Waals surface area contributed by atoms with Crippen molar-refractivity contribution in [3.05, 3.63) is 12.3 Å². The summed E-state index contributed by atoms with van der Waals surface area (Å²) >= 11 is 0. The van der Waals surface area contributed by atoms with E-state index >= 15 is 0 Å². The average Bonchev–Trinajstić information content (AvgIpc) is 2.52. The van der Waals surface area contributed by atoms with E-state index in [1.165, 1.54) is 0 Å². The van der Waals surface area contributed by atoms with Crippen LogP contribution in [0.1, 0.15) is 47.5 Å². The van der Waals surface area contributed by atoms with Gasteiger partial charge in [0.2, 0.25) is 5.91 Å². The van der Waals surface area contributed by atoms with Gasteiger partial charge in [0.05, 0.1) is 6.54 Å². The maximum absolute atomic E-state index is 12.1. The van der Waals surface area contributed by atoms with Crippen LogP contribution >= 0.6 is 0 Å². The summed E-state index contributed by atoms with van der Waals surface area (Å²) in [6, 6.07) is 0.380. The number of nitrogens with zero attached hydrogens (tertiary/aromatic N) is 1. The molecule has 1 N–H and O–H groups in total. The van der Waals surface area contributed by atoms with Crippen molar-refractivity contribution in [3.63, 3.8) is 0 Å². The zero-order chi connectivity index (χ0) is 13.9. The topological polar surface area (TPSA) is 32.3 Å². The lowest BCUT2D eigenvalue weighted by Crippen LogP contribution is -2.40. The highest BCUT2D eigenvalue weighted by Crippen LogP contribution is 2.23. The van der Waals surface area contributed by atoms with Crippen LogP contribution < -0.4 is 5.32 Å². The van der Waals surface area contributed by atoms with E-state index in [0.29, 0.717) is 18.5 Å². The van der Waals surface area contributed by atoms with E-state index < -0.39 is 0 Å². The summed E-state index contributed by atoms with van der Waals surface area (Å²) in [6.07, 6.45) is 2.01. The first kappa shape index (κ1) is 15.1. The summed E-state index contributed by atoms with van der Waals surface area (Å²) in [4.78, 5) is 14.1. The number of nitrogens with one attached hydrogen (secondary N) is 1. The average molecular weight is 252 g/mol. The molecule has 1 fully saturated rings. The first-order valence-electron chi connectivity index (χ1n) is 6.90. The van der Waals surface area contributed by atoms with Crippen LogP contribution in [0, 0.1) is 11.3 Å². The summed E-state index contributed by atoms with van der Waals surface area (Å²) in [6.45, 7) is 16.1. The Morgan fingerprint density at radius 1 is 1.39 bits per heavy atom. The number of carbonyl (C=O) groups is 1. The molecule has 0 aromatic rings. The third-order valence-corrected chi connectivity index (χ3v) is 3.34. The van der Waals surface area contributed by atoms with Gasteiger partial charge in [0, 0.05) is 18.3 Å². The molecule has 1 aliphatic rings. The van der Waals surface area contributed by atoms with Crippen LogP contribution in [-0.4, -0.2) is 29.9 Å². The van der Waals surface area contributed by atoms with Crippen molar-refractivity contribution in [3.8, 4) is 0 Å². The fourth-order valence-electron chi connectivity index (χ4n) is 2.65. The third-order valence-electron chi connectivity index (χ3n) is 3.34. The molecule has 0 radical (unpaired) electrons. The second-order valence-electron chi connectivity index (χ2n) is 6.93. The third kappa shape index (κ3) is 4.71. The van der Waals surface area contributed by atoms with E-state index in [-0.39, 0.29) is 11.3 Å². The number of carbonyl (C=O) groups excluding carboxylic acids is 1. The Hall–Kier alpha value is -0.990. The Morgan fingerprint density at radius 3 is 2.44 bits per heavy atom. The molecule has 104 valence electrons. The van der Waals surface area contributed by atoms with Gasteiger partial charge in [-0.2, -0.15) is 0 Å². The van der Waals surface area contributed by atoms with Gasteiger partial charge in [0.15, 0.2) is 0 Å². The van der Waals surface area contributed by atoms with E-state index in [9.17, 15) is 4.79 Å². The van der Waals surface area contributed by atoms with E-state index in [1.54, 1.807) is 0 Å². The normalized spacial score (nSPS) is 24.2. The van der Waals surface area contributed by atoms with Crippen LogP contribution in [0.2, 0.25) is 0 Å². The Kier molecular flexibility index (Phi) is 4.83. The quantitative estimate of drug-likeness (QED) is 0.834. The van der Waals surface area contributed by atoms with E-state index in [0.717, 1.165) is 25.1 Å². The molecule has 1 saturated heterocycles. The van der Waals surface area contributed by atoms with Crippen LogP contribution in [-0.2, 0) is 4.79 Å². The van der Waals surface area contributed by atoms with Crippen LogP contribution in [0.25, 0.3) is 0 Å². The Bertz CT molecular complexity index is 317. The fourth-order valence-corrected chi connectivity index (χ4v) is 2.65. The molecular formula is C15H28N2O. The summed E-state index contributed by atoms with van der Waals surface area (Å²) in [5.41, 5.74) is 1.17. The molecule has 1 amide bonds. The largest absolute Gasteiger partial charge is 0.380 e. The lowest BCUT2D eigenvalue weighted by atomic mass is 9.91. The first-order valence-corrected chi connectivity index (χ1v) is 6.90. The predicted octanol–water partition coefficient (Wildman–Crippen LogP) is 2.78. The van der Waals surface area contributed by atoms with E-state index in [2.05, 4.69) is 46.5 Å². The highest BCUT2D eigenvalue weighted by Gasteiger charge is 2.29. The van der Waals surface area contributed by atoms with Crippen LogP contribution in [0.4, 0.5) is 0 Å². The van der Waals surface area contributed by atoms with Gasteiger partial charge in [-0.15, -0.1) is 0 Å². The van der Waals surface area contributed by atoms with Crippen LogP contribution in [0.5, 0.6) is 0 Å². The zero-order valence-electron chi connectivity index (χ0n) is 12.5. The van der Waals surface area contributed by atoms with Crippen LogP contribution in [0.15, 0.2) is 12.3 Å². The smallest absolute Gasteiger partial charge is 0.242 e. The van der Waals surface area contributed by atoms with Gasteiger partial charge in [-0.05, 0) is 31.1 Å². The molecule has 3 heteroatoms. The molecule has 1 aliphatic heterocycles. The highest BCUT2D eigenvalue weighted by atomic mass is 16.2. The first-order chi connectivity index (χ1) is 8.19. The minimum absolute atomic E-state index is 0.196. The molecular weight excluding hydrogens is 224 g/mol. The Morgan fingerprint density at radius 2 is 2.00 bits per heavy atom. The van der Waals surface area contributed by atoms with Crippen molar-refractivity contribution < 1.29 is 4.79 Å². The Labute approximate surface area is 112 Å². The van der Waals surface area contributed by atoms with Gasteiger partial charge in [0.1, 0.15) is 0 Å². The van der Waals surface area contributed by atoms with Gasteiger partial charge < -0.3 is 10.2 Å². The molecule has 1 unspecified atom stereocenters. The van der Waals surface area contributed by atoms with Crippen molar-refractivity contribution in [2.45, 2.75) is 53.5 Å². The van der Waals surface area contributed by atoms with E-state index in [1.807, 2.05) is 4.90 Å². The van der Waals surface area contributed by atoms with Gasteiger partial charge in [-0.1, -0.05) is 34.3 Å². The molecule has 1 rings (SSSR count). The predicted molar refractivity (Wildman–Crippen MR) is 76.2 cm³/mol. The fraction of sp³-hybridized carbons (Fsp3) is 0.800. The standard InChI is InChI=1S/C15H28N2O/c1-11-7-13(3)17(10-11)14(18)9-16-12(2)8-15(4,5)6/h11,13,16H,2,7-10H2,1,3-6H3/t11-,13?/m1/s1. The SMILES string of the molecule is C=C(CC(C)(C)C)NCC(=O)N1C[C@H](C)CC1C. The van der Waals surface area contributed by atoms with Crippen molar-refractivity contribution in [2.75, 3.05) is 13.1 Å². The second kappa shape index (κ2) is 5.77. The summed E-state index contributed by atoms with van der Waals surface area (Å²) in [7, 11) is 0. The molecule has 3 nitrogen and oxygen atoms in total. The lowest BCUT2D eigenvalue weighted by molar-refractivity contribution is -0.130. The van der Waals surface area contributed by atoms with Crippen molar-refractivity contribution in [2.24, 2.45) is 11.3 Å². The molecule has 0 aliphatic carbocycles. The molecule has 2 atom stereocenters. The number of hydrogen-bond donors (Lipinski definition) is 1. The van der Waals surface area contributed by atoms with Gasteiger partial charge in [-0.25, -0.2) is 0 Å². The number of amides is 1. The number of rotatable bonds is 4. The minimum Gasteiger partial charge on any atom is -0.380 e. The van der Waals surface area contributed by atoms with Gasteiger partial charge in [0.25, 0.3) is 0 Å². The summed E-state index contributed by atoms with van der Waals surface area (Å²) < 4.78 is 0. The number of likely N-dealkylation sites (tertiary alicyclic amines) is 1. The summed E-state index contributed by atoms with van der Waals surface area (Å²) in [5, 5.41) is 3.17. The maximum Gasteiger partial charge on any atom is 0.242 e. The van der Waals surface area contributed by atoms with Crippen molar-refractivity contribution in [1.29, 1.82) is 0 Å². The maximum atomic E-state index is 12.1. The zero-order valence-corrected chi connectivity index (χ0v) is 12.5. The molecule has 0 aromatic carbocycles. The molecule has 18 heavy (non-hydrogen) atoms. The number of allylic oxidation sites excluding steroid dienone is 1. The molecule has 0 bridgehead atoms. The van der Waals surface area contributed by atoms with E-state index in [4.69, 9.17) is 0 Å². The molecule has 0 spiro atoms. The van der Waals surface area contributed by atoms with Gasteiger partial charge in [-0.3, -0.25) is 4.79 Å². The van der Waals surface area contributed by atoms with Crippen molar-refractivity contribution in [1.82, 2.24) is 10.2 Å². The van der Waals surface area contributed by atoms with Crippen molar-refractivity contribution >= 4 is 5.91 Å². The monoisotopic (exact) mass is 252 g/mol. The molecule has 1 heterocycles. The number of hydrogen-bond acceptors (Lipinski definition) is 2. The van der Waals surface area contributed by atoms with Gasteiger partial charge >= 0.3 is 0 Å².